The highest BCUT2D eigenvalue weighted by atomic mass is 79.9. The van der Waals surface area contributed by atoms with Crippen LogP contribution < -0.4 is 4.74 Å². The van der Waals surface area contributed by atoms with E-state index in [-0.39, 0.29) is 30.9 Å². The molecule has 1 N–H and O–H groups in total. The third-order valence-electron chi connectivity index (χ3n) is 4.11. The third-order valence-corrected chi connectivity index (χ3v) is 4.60. The molecule has 26 heavy (non-hydrogen) atoms. The molecule has 2 atom stereocenters. The highest BCUT2D eigenvalue weighted by molar-refractivity contribution is 9.10. The Bertz CT molecular complexity index is 706. The zero-order valence-electron chi connectivity index (χ0n) is 14.2. The molecule has 2 aromatic carbocycles. The summed E-state index contributed by atoms with van der Waals surface area (Å²) in [6.45, 7) is 2.58. The van der Waals surface area contributed by atoms with Crippen molar-refractivity contribution in [3.63, 3.8) is 0 Å². The van der Waals surface area contributed by atoms with Gasteiger partial charge in [0.2, 0.25) is 0 Å². The van der Waals surface area contributed by atoms with E-state index in [0.717, 1.165) is 16.6 Å². The fourth-order valence-electron chi connectivity index (χ4n) is 2.88. The molecule has 0 aliphatic carbocycles. The van der Waals surface area contributed by atoms with Crippen LogP contribution in [0.5, 0.6) is 5.75 Å². The van der Waals surface area contributed by atoms with Crippen molar-refractivity contribution in [2.45, 2.75) is 12.2 Å². The van der Waals surface area contributed by atoms with Crippen LogP contribution in [-0.2, 0) is 4.74 Å². The van der Waals surface area contributed by atoms with Crippen molar-refractivity contribution in [1.82, 2.24) is 4.90 Å². The number of para-hydroxylation sites is 1. The zero-order chi connectivity index (χ0) is 17.6. The molecule has 0 radical (unpaired) electrons. The molecular formula is C19H22BrClFNO3. The Morgan fingerprint density at radius 3 is 2.85 bits per heavy atom. The molecule has 0 amide bonds. The van der Waals surface area contributed by atoms with E-state index in [1.807, 2.05) is 24.3 Å². The average Bonchev–Trinajstić information content (AvgIpc) is 2.61. The lowest BCUT2D eigenvalue weighted by Gasteiger charge is -2.34. The topological polar surface area (TPSA) is 41.9 Å². The van der Waals surface area contributed by atoms with Crippen LogP contribution in [0.1, 0.15) is 11.7 Å². The molecular weight excluding hydrogens is 425 g/mol. The van der Waals surface area contributed by atoms with Gasteiger partial charge in [-0.05, 0) is 29.8 Å². The summed E-state index contributed by atoms with van der Waals surface area (Å²) in [7, 11) is 0. The largest absolute Gasteiger partial charge is 0.488 e. The number of aliphatic hydroxyl groups excluding tert-OH is 1. The first kappa shape index (κ1) is 21.1. The monoisotopic (exact) mass is 445 g/mol. The molecule has 1 saturated heterocycles. The van der Waals surface area contributed by atoms with E-state index in [4.69, 9.17) is 9.47 Å². The van der Waals surface area contributed by atoms with Gasteiger partial charge >= 0.3 is 0 Å². The quantitative estimate of drug-likeness (QED) is 0.732. The van der Waals surface area contributed by atoms with E-state index in [0.29, 0.717) is 19.7 Å². The van der Waals surface area contributed by atoms with Gasteiger partial charge in [-0.25, -0.2) is 4.39 Å². The summed E-state index contributed by atoms with van der Waals surface area (Å²) < 4.78 is 25.8. The van der Waals surface area contributed by atoms with Crippen molar-refractivity contribution in [3.05, 3.63) is 64.4 Å². The van der Waals surface area contributed by atoms with Crippen molar-refractivity contribution < 1.29 is 19.0 Å². The standard InChI is InChI=1S/C19H21BrFNO3.ClH/c20-15-5-3-4-14(10-15)19-12-22(8-9-24-19)11-16(23)13-25-18-7-2-1-6-17(18)21;/h1-7,10,16,19,23H,8-9,11-13H2;1H. The molecule has 1 aliphatic heterocycles. The van der Waals surface area contributed by atoms with E-state index in [2.05, 4.69) is 20.8 Å². The number of ether oxygens (including phenoxy) is 2. The number of β-amino-alcohol motifs (C(OH)–C–C–N with tert-alkyl or cyclic N) is 1. The molecule has 0 bridgehead atoms. The second-order valence-electron chi connectivity index (χ2n) is 6.07. The van der Waals surface area contributed by atoms with Crippen molar-refractivity contribution >= 4 is 28.3 Å². The maximum absolute atomic E-state index is 13.5. The Balaban J connectivity index is 0.00000243. The predicted molar refractivity (Wildman–Crippen MR) is 104 cm³/mol. The fraction of sp³-hybridized carbons (Fsp3) is 0.368. The Morgan fingerprint density at radius 1 is 1.27 bits per heavy atom. The first-order valence-electron chi connectivity index (χ1n) is 8.26. The Kier molecular flexibility index (Phi) is 8.31. The Hall–Kier alpha value is -1.18. The smallest absolute Gasteiger partial charge is 0.165 e. The summed E-state index contributed by atoms with van der Waals surface area (Å²) in [5.41, 5.74) is 1.11. The summed E-state index contributed by atoms with van der Waals surface area (Å²) >= 11 is 3.48. The minimum Gasteiger partial charge on any atom is -0.488 e. The van der Waals surface area contributed by atoms with Crippen molar-refractivity contribution in [3.8, 4) is 5.75 Å². The van der Waals surface area contributed by atoms with Gasteiger partial charge in [0.15, 0.2) is 11.6 Å². The van der Waals surface area contributed by atoms with E-state index < -0.39 is 11.9 Å². The normalized spacial score (nSPS) is 18.8. The number of nitrogens with zero attached hydrogens (tertiary/aromatic N) is 1. The van der Waals surface area contributed by atoms with Gasteiger partial charge in [0.05, 0.1) is 12.7 Å². The molecule has 0 saturated carbocycles. The van der Waals surface area contributed by atoms with E-state index in [1.165, 1.54) is 6.07 Å². The number of benzene rings is 2. The van der Waals surface area contributed by atoms with Crippen molar-refractivity contribution in [2.75, 3.05) is 32.8 Å². The maximum Gasteiger partial charge on any atom is 0.165 e. The number of aliphatic hydroxyl groups is 1. The molecule has 2 aromatic rings. The van der Waals surface area contributed by atoms with Crippen LogP contribution in [0.15, 0.2) is 53.0 Å². The summed E-state index contributed by atoms with van der Waals surface area (Å²) in [6.07, 6.45) is -0.716. The maximum atomic E-state index is 13.5. The molecule has 1 aliphatic rings. The van der Waals surface area contributed by atoms with Crippen LogP contribution in [-0.4, -0.2) is 49.0 Å². The van der Waals surface area contributed by atoms with E-state index in [1.54, 1.807) is 18.2 Å². The van der Waals surface area contributed by atoms with E-state index in [9.17, 15) is 9.50 Å². The fourth-order valence-corrected chi connectivity index (χ4v) is 3.29. The highest BCUT2D eigenvalue weighted by Crippen LogP contribution is 2.25. The SMILES string of the molecule is Cl.OC(COc1ccccc1F)CN1CCOC(c2cccc(Br)c2)C1. The molecule has 0 aromatic heterocycles. The molecule has 0 spiro atoms. The molecule has 1 fully saturated rings. The summed E-state index contributed by atoms with van der Waals surface area (Å²) in [5.74, 6) is -0.258. The van der Waals surface area contributed by atoms with E-state index >= 15 is 0 Å². The summed E-state index contributed by atoms with van der Waals surface area (Å²) in [6, 6.07) is 14.3. The third kappa shape index (κ3) is 5.93. The van der Waals surface area contributed by atoms with Crippen LogP contribution in [0, 0.1) is 5.82 Å². The van der Waals surface area contributed by atoms with Gasteiger partial charge in [-0.3, -0.25) is 4.90 Å². The molecule has 7 heteroatoms. The average molecular weight is 447 g/mol. The predicted octanol–water partition coefficient (Wildman–Crippen LogP) is 3.82. The lowest BCUT2D eigenvalue weighted by atomic mass is 10.1. The molecule has 3 rings (SSSR count). The van der Waals surface area contributed by atoms with Crippen molar-refractivity contribution in [1.29, 1.82) is 0 Å². The number of halogens is 3. The first-order chi connectivity index (χ1) is 12.1. The zero-order valence-corrected chi connectivity index (χ0v) is 16.6. The molecule has 1 heterocycles. The van der Waals surface area contributed by atoms with Crippen molar-refractivity contribution in [2.24, 2.45) is 0 Å². The minimum atomic E-state index is -0.694. The van der Waals surface area contributed by atoms with Crippen LogP contribution in [0.4, 0.5) is 4.39 Å². The minimum absolute atomic E-state index is 0. The van der Waals surface area contributed by atoms with Crippen LogP contribution >= 0.6 is 28.3 Å². The number of hydrogen-bond donors (Lipinski definition) is 1. The second-order valence-corrected chi connectivity index (χ2v) is 6.98. The lowest BCUT2D eigenvalue weighted by molar-refractivity contribution is -0.0460. The Morgan fingerprint density at radius 2 is 2.08 bits per heavy atom. The first-order valence-corrected chi connectivity index (χ1v) is 9.06. The van der Waals surface area contributed by atoms with Gasteiger partial charge in [-0.15, -0.1) is 12.4 Å². The summed E-state index contributed by atoms with van der Waals surface area (Å²) in [4.78, 5) is 2.14. The van der Waals surface area contributed by atoms with Gasteiger partial charge in [-0.1, -0.05) is 40.2 Å². The number of morpholine rings is 1. The van der Waals surface area contributed by atoms with Gasteiger partial charge < -0.3 is 14.6 Å². The molecule has 4 nitrogen and oxygen atoms in total. The Labute approximate surface area is 167 Å². The summed E-state index contributed by atoms with van der Waals surface area (Å²) in [5, 5.41) is 10.2. The van der Waals surface area contributed by atoms with Crippen LogP contribution in [0.3, 0.4) is 0 Å². The highest BCUT2D eigenvalue weighted by Gasteiger charge is 2.24. The lowest BCUT2D eigenvalue weighted by Crippen LogP contribution is -2.43. The molecule has 2 unspecified atom stereocenters. The van der Waals surface area contributed by atoms with Gasteiger partial charge in [-0.2, -0.15) is 0 Å². The molecule has 142 valence electrons. The van der Waals surface area contributed by atoms with Gasteiger partial charge in [0.1, 0.15) is 12.7 Å². The van der Waals surface area contributed by atoms with Gasteiger partial charge in [0.25, 0.3) is 0 Å². The van der Waals surface area contributed by atoms with Gasteiger partial charge in [0, 0.05) is 24.1 Å². The second kappa shape index (κ2) is 10.2. The van der Waals surface area contributed by atoms with Crippen LogP contribution in [0.25, 0.3) is 0 Å². The number of rotatable bonds is 6. The number of hydrogen-bond acceptors (Lipinski definition) is 4. The van der Waals surface area contributed by atoms with Crippen LogP contribution in [0.2, 0.25) is 0 Å².